The summed E-state index contributed by atoms with van der Waals surface area (Å²) in [7, 11) is 0. The minimum Gasteiger partial charge on any atom is -0.393 e. The van der Waals surface area contributed by atoms with Crippen LogP contribution in [0.5, 0.6) is 0 Å². The number of aliphatic hydroxyl groups excluding tert-OH is 1. The van der Waals surface area contributed by atoms with E-state index in [9.17, 15) is 9.90 Å². The molecule has 1 N–H and O–H groups in total. The van der Waals surface area contributed by atoms with E-state index in [0.717, 1.165) is 38.5 Å². The average molecular weight is 272 g/mol. The number of aliphatic hydroxyl groups is 1. The van der Waals surface area contributed by atoms with Crippen molar-refractivity contribution in [2.75, 3.05) is 0 Å². The lowest BCUT2D eigenvalue weighted by atomic mass is 9.59. The van der Waals surface area contributed by atoms with Crippen LogP contribution < -0.4 is 0 Å². The van der Waals surface area contributed by atoms with Crippen LogP contribution in [0.25, 0.3) is 0 Å². The fraction of sp³-hybridized carbons (Fsp3) is 0.722. The molecular weight excluding hydrogens is 248 g/mol. The van der Waals surface area contributed by atoms with Gasteiger partial charge in [-0.2, -0.15) is 0 Å². The maximum Gasteiger partial charge on any atom is 0.155 e. The maximum atomic E-state index is 11.6. The molecule has 0 aromatic rings. The van der Waals surface area contributed by atoms with Crippen LogP contribution in [0.1, 0.15) is 58.3 Å². The molecule has 0 aromatic heterocycles. The van der Waals surface area contributed by atoms with Crippen molar-refractivity contribution in [3.63, 3.8) is 0 Å². The van der Waals surface area contributed by atoms with Gasteiger partial charge in [0.1, 0.15) is 0 Å². The van der Waals surface area contributed by atoms with E-state index in [0.29, 0.717) is 17.6 Å². The van der Waals surface area contributed by atoms with Crippen molar-refractivity contribution in [3.8, 4) is 0 Å². The lowest BCUT2D eigenvalue weighted by Gasteiger charge is -2.45. The third-order valence-electron chi connectivity index (χ3n) is 6.39. The maximum absolute atomic E-state index is 11.6. The highest BCUT2D eigenvalue weighted by molar-refractivity contribution is 5.91. The summed E-state index contributed by atoms with van der Waals surface area (Å²) in [4.78, 5) is 11.6. The molecule has 0 aliphatic heterocycles. The summed E-state index contributed by atoms with van der Waals surface area (Å²) < 4.78 is 0. The zero-order chi connectivity index (χ0) is 13.9. The number of hydrogen-bond donors (Lipinski definition) is 1. The molecule has 0 bridgehead atoms. The summed E-state index contributed by atoms with van der Waals surface area (Å²) in [5.74, 6) is 1.65. The summed E-state index contributed by atoms with van der Waals surface area (Å²) in [6, 6.07) is 0. The molecule has 0 aromatic carbocycles. The first-order valence-corrected chi connectivity index (χ1v) is 8.20. The Morgan fingerprint density at radius 2 is 2.05 bits per heavy atom. The third-order valence-corrected chi connectivity index (χ3v) is 6.39. The highest BCUT2D eigenvalue weighted by Gasteiger charge is 2.47. The fourth-order valence-electron chi connectivity index (χ4n) is 5.49. The highest BCUT2D eigenvalue weighted by atomic mass is 16.3. The number of carbonyl (C=O) groups is 1. The van der Waals surface area contributed by atoms with Crippen molar-refractivity contribution < 1.29 is 9.90 Å². The largest absolute Gasteiger partial charge is 0.393 e. The average Bonchev–Trinajstić information content (AvgIpc) is 2.72. The van der Waals surface area contributed by atoms with Crippen LogP contribution in [0.3, 0.4) is 0 Å². The van der Waals surface area contributed by atoms with Gasteiger partial charge < -0.3 is 5.11 Å². The van der Waals surface area contributed by atoms with Gasteiger partial charge >= 0.3 is 0 Å². The molecule has 2 saturated carbocycles. The standard InChI is InChI=1S/C18H24O2/c1-18-7-6-15-14-5-3-12(19)8-11(14)2-4-16(15)17(18)9-13(20)10-18/h8,13-15,20H,2-7,9-10H2,1H3. The second-order valence-corrected chi connectivity index (χ2v) is 7.60. The summed E-state index contributed by atoms with van der Waals surface area (Å²) in [6.45, 7) is 2.36. The van der Waals surface area contributed by atoms with Crippen LogP contribution in [0, 0.1) is 17.3 Å². The zero-order valence-corrected chi connectivity index (χ0v) is 12.3. The van der Waals surface area contributed by atoms with Gasteiger partial charge in [-0.05, 0) is 68.3 Å². The SMILES string of the molecule is CC12CCC3C(=C1CC(O)C2)CCC1=CC(=O)CCC13. The van der Waals surface area contributed by atoms with Crippen molar-refractivity contribution in [2.45, 2.75) is 64.4 Å². The molecule has 2 fully saturated rings. The van der Waals surface area contributed by atoms with Crippen LogP contribution in [0.4, 0.5) is 0 Å². The minimum absolute atomic E-state index is 0.119. The molecule has 4 aliphatic rings. The first-order valence-electron chi connectivity index (χ1n) is 8.20. The van der Waals surface area contributed by atoms with E-state index in [2.05, 4.69) is 6.92 Å². The van der Waals surface area contributed by atoms with Gasteiger partial charge in [-0.25, -0.2) is 0 Å². The Kier molecular flexibility index (Phi) is 2.76. The molecule has 20 heavy (non-hydrogen) atoms. The van der Waals surface area contributed by atoms with Crippen molar-refractivity contribution in [3.05, 3.63) is 22.8 Å². The fourth-order valence-corrected chi connectivity index (χ4v) is 5.49. The normalized spacial score (nSPS) is 43.8. The molecule has 108 valence electrons. The Labute approximate surface area is 120 Å². The van der Waals surface area contributed by atoms with Crippen molar-refractivity contribution in [1.82, 2.24) is 0 Å². The Morgan fingerprint density at radius 1 is 1.20 bits per heavy atom. The van der Waals surface area contributed by atoms with Crippen LogP contribution in [0.2, 0.25) is 0 Å². The monoisotopic (exact) mass is 272 g/mol. The number of carbonyl (C=O) groups excluding carboxylic acids is 1. The smallest absolute Gasteiger partial charge is 0.155 e. The molecule has 4 atom stereocenters. The Bertz CT molecular complexity index is 528. The van der Waals surface area contributed by atoms with Gasteiger partial charge in [-0.15, -0.1) is 0 Å². The molecular formula is C18H24O2. The van der Waals surface area contributed by atoms with E-state index in [1.165, 1.54) is 18.4 Å². The lowest BCUT2D eigenvalue weighted by Crippen LogP contribution is -2.34. The summed E-state index contributed by atoms with van der Waals surface area (Å²) >= 11 is 0. The van der Waals surface area contributed by atoms with E-state index in [-0.39, 0.29) is 11.5 Å². The van der Waals surface area contributed by atoms with Crippen molar-refractivity contribution >= 4 is 5.78 Å². The number of fused-ring (bicyclic) bond motifs is 4. The number of allylic oxidation sites excluding steroid dienone is 3. The molecule has 4 unspecified atom stereocenters. The van der Waals surface area contributed by atoms with E-state index in [4.69, 9.17) is 0 Å². The summed E-state index contributed by atoms with van der Waals surface area (Å²) in [5, 5.41) is 10.1. The predicted molar refractivity (Wildman–Crippen MR) is 78.1 cm³/mol. The second kappa shape index (κ2) is 4.30. The van der Waals surface area contributed by atoms with Gasteiger partial charge in [-0.3, -0.25) is 4.79 Å². The molecule has 4 aliphatic carbocycles. The van der Waals surface area contributed by atoms with Gasteiger partial charge in [0.15, 0.2) is 5.78 Å². The highest BCUT2D eigenvalue weighted by Crippen LogP contribution is 2.58. The molecule has 2 heteroatoms. The quantitative estimate of drug-likeness (QED) is 0.685. The van der Waals surface area contributed by atoms with Gasteiger partial charge in [0.05, 0.1) is 6.10 Å². The van der Waals surface area contributed by atoms with E-state index in [1.54, 1.807) is 11.1 Å². The first-order chi connectivity index (χ1) is 9.57. The van der Waals surface area contributed by atoms with E-state index in [1.807, 2.05) is 6.08 Å². The zero-order valence-electron chi connectivity index (χ0n) is 12.3. The minimum atomic E-state index is -0.119. The summed E-state index contributed by atoms with van der Waals surface area (Å²) in [5.41, 5.74) is 4.97. The van der Waals surface area contributed by atoms with E-state index >= 15 is 0 Å². The summed E-state index contributed by atoms with van der Waals surface area (Å²) in [6.07, 6.45) is 10.2. The predicted octanol–water partition coefficient (Wildman–Crippen LogP) is 3.55. The van der Waals surface area contributed by atoms with Crippen LogP contribution in [-0.4, -0.2) is 17.0 Å². The number of ketones is 1. The van der Waals surface area contributed by atoms with Gasteiger partial charge in [0.2, 0.25) is 0 Å². The number of hydrogen-bond acceptors (Lipinski definition) is 2. The lowest BCUT2D eigenvalue weighted by molar-refractivity contribution is -0.115. The Morgan fingerprint density at radius 3 is 2.90 bits per heavy atom. The second-order valence-electron chi connectivity index (χ2n) is 7.60. The van der Waals surface area contributed by atoms with Gasteiger partial charge in [-0.1, -0.05) is 23.6 Å². The molecule has 0 radical (unpaired) electrons. The third kappa shape index (κ3) is 1.77. The molecule has 0 heterocycles. The Hall–Kier alpha value is -0.890. The first kappa shape index (κ1) is 12.8. The van der Waals surface area contributed by atoms with Gasteiger partial charge in [0.25, 0.3) is 0 Å². The molecule has 0 amide bonds. The van der Waals surface area contributed by atoms with E-state index < -0.39 is 0 Å². The molecule has 0 saturated heterocycles. The number of rotatable bonds is 0. The topological polar surface area (TPSA) is 37.3 Å². The Balaban J connectivity index is 1.74. The van der Waals surface area contributed by atoms with Crippen molar-refractivity contribution in [1.29, 1.82) is 0 Å². The van der Waals surface area contributed by atoms with Crippen LogP contribution >= 0.6 is 0 Å². The van der Waals surface area contributed by atoms with Crippen LogP contribution in [-0.2, 0) is 4.79 Å². The van der Waals surface area contributed by atoms with Crippen molar-refractivity contribution in [2.24, 2.45) is 17.3 Å². The molecule has 4 rings (SSSR count). The van der Waals surface area contributed by atoms with Crippen LogP contribution in [0.15, 0.2) is 22.8 Å². The molecule has 2 nitrogen and oxygen atoms in total. The molecule has 0 spiro atoms. The van der Waals surface area contributed by atoms with Gasteiger partial charge in [0, 0.05) is 6.42 Å².